The average Bonchev–Trinajstić information content (AvgIpc) is 3.18. The summed E-state index contributed by atoms with van der Waals surface area (Å²) < 4.78 is 10.3. The first-order valence-electron chi connectivity index (χ1n) is 9.66. The van der Waals surface area contributed by atoms with E-state index in [0.717, 1.165) is 0 Å². The Hall–Kier alpha value is -3.55. The molecule has 1 heterocycles. The molecular weight excluding hydrogens is 386 g/mol. The van der Waals surface area contributed by atoms with Gasteiger partial charge in [-0.3, -0.25) is 14.4 Å². The molecule has 0 aliphatic carbocycles. The van der Waals surface area contributed by atoms with Crippen LogP contribution in [0.1, 0.15) is 16.8 Å². The molecule has 0 bridgehead atoms. The second-order valence-electron chi connectivity index (χ2n) is 6.89. The Labute approximate surface area is 175 Å². The van der Waals surface area contributed by atoms with Gasteiger partial charge in [0.25, 0.3) is 5.91 Å². The van der Waals surface area contributed by atoms with Crippen molar-refractivity contribution in [2.75, 3.05) is 38.8 Å². The maximum atomic E-state index is 12.4. The topological polar surface area (TPSA) is 97.0 Å². The zero-order valence-electron chi connectivity index (χ0n) is 17.0. The van der Waals surface area contributed by atoms with Crippen molar-refractivity contribution in [1.29, 1.82) is 0 Å². The number of benzene rings is 2. The minimum atomic E-state index is -0.433. The standard InChI is InChI=1S/C22H25N3O5/c1-29-18-7-3-5-15(11-18)21(27)23-9-10-24-22(28)16-12-20(26)25(14-16)17-6-4-8-19(13-17)30-2/h3-8,11,13,16H,9-10,12,14H2,1-2H3,(H,23,27)(H,24,28). The van der Waals surface area contributed by atoms with Gasteiger partial charge in [-0.2, -0.15) is 0 Å². The number of hydrogen-bond acceptors (Lipinski definition) is 5. The summed E-state index contributed by atoms with van der Waals surface area (Å²) in [6.07, 6.45) is 0.152. The Bertz CT molecular complexity index is 930. The van der Waals surface area contributed by atoms with E-state index in [1.54, 1.807) is 54.5 Å². The van der Waals surface area contributed by atoms with Crippen LogP contribution in [0.25, 0.3) is 0 Å². The molecule has 30 heavy (non-hydrogen) atoms. The molecule has 1 aliphatic rings. The Kier molecular flexibility index (Phi) is 6.90. The normalized spacial score (nSPS) is 15.6. The molecule has 1 unspecified atom stereocenters. The Balaban J connectivity index is 1.46. The third-order valence-electron chi connectivity index (χ3n) is 4.90. The van der Waals surface area contributed by atoms with Gasteiger partial charge in [-0.1, -0.05) is 12.1 Å². The summed E-state index contributed by atoms with van der Waals surface area (Å²) >= 11 is 0. The maximum Gasteiger partial charge on any atom is 0.251 e. The number of carbonyl (C=O) groups is 3. The first-order chi connectivity index (χ1) is 14.5. The van der Waals surface area contributed by atoms with Gasteiger partial charge in [-0.05, 0) is 30.3 Å². The summed E-state index contributed by atoms with van der Waals surface area (Å²) in [6, 6.07) is 14.0. The molecule has 0 aromatic heterocycles. The van der Waals surface area contributed by atoms with Crippen molar-refractivity contribution in [3.8, 4) is 11.5 Å². The molecular formula is C22H25N3O5. The largest absolute Gasteiger partial charge is 0.497 e. The van der Waals surface area contributed by atoms with E-state index in [9.17, 15) is 14.4 Å². The number of nitrogens with zero attached hydrogens (tertiary/aromatic N) is 1. The molecule has 158 valence electrons. The maximum absolute atomic E-state index is 12.4. The molecule has 0 radical (unpaired) electrons. The second kappa shape index (κ2) is 9.78. The number of rotatable bonds is 8. The van der Waals surface area contributed by atoms with Crippen molar-refractivity contribution in [3.63, 3.8) is 0 Å². The first kappa shape index (κ1) is 21.2. The van der Waals surface area contributed by atoms with Crippen LogP contribution in [-0.2, 0) is 9.59 Å². The minimum absolute atomic E-state index is 0.102. The number of anilines is 1. The number of methoxy groups -OCH3 is 2. The molecule has 2 aromatic rings. The minimum Gasteiger partial charge on any atom is -0.497 e. The van der Waals surface area contributed by atoms with Crippen molar-refractivity contribution in [2.24, 2.45) is 5.92 Å². The number of carbonyl (C=O) groups excluding carboxylic acids is 3. The molecule has 1 saturated heterocycles. The van der Waals surface area contributed by atoms with Gasteiger partial charge >= 0.3 is 0 Å². The lowest BCUT2D eigenvalue weighted by Gasteiger charge is -2.17. The highest BCUT2D eigenvalue weighted by atomic mass is 16.5. The molecule has 3 amide bonds. The molecule has 1 atom stereocenters. The quantitative estimate of drug-likeness (QED) is 0.643. The number of amides is 3. The molecule has 0 saturated carbocycles. The van der Waals surface area contributed by atoms with Gasteiger partial charge in [-0.15, -0.1) is 0 Å². The van der Waals surface area contributed by atoms with Crippen LogP contribution >= 0.6 is 0 Å². The van der Waals surface area contributed by atoms with Gasteiger partial charge in [0, 0.05) is 43.4 Å². The van der Waals surface area contributed by atoms with Crippen LogP contribution in [0.4, 0.5) is 5.69 Å². The van der Waals surface area contributed by atoms with E-state index < -0.39 is 5.92 Å². The average molecular weight is 411 g/mol. The molecule has 0 spiro atoms. The fraction of sp³-hybridized carbons (Fsp3) is 0.318. The van der Waals surface area contributed by atoms with E-state index in [1.165, 1.54) is 7.11 Å². The SMILES string of the molecule is COc1cccc(C(=O)NCCNC(=O)C2CC(=O)N(c3cccc(OC)c3)C2)c1. The number of nitrogens with one attached hydrogen (secondary N) is 2. The molecule has 1 aliphatic heterocycles. The summed E-state index contributed by atoms with van der Waals surface area (Å²) in [7, 11) is 3.10. The van der Waals surface area contributed by atoms with E-state index >= 15 is 0 Å². The van der Waals surface area contributed by atoms with Crippen molar-refractivity contribution in [3.05, 3.63) is 54.1 Å². The monoisotopic (exact) mass is 411 g/mol. The lowest BCUT2D eigenvalue weighted by atomic mass is 10.1. The zero-order valence-corrected chi connectivity index (χ0v) is 17.0. The van der Waals surface area contributed by atoms with Crippen LogP contribution < -0.4 is 25.0 Å². The van der Waals surface area contributed by atoms with Crippen LogP contribution in [0.15, 0.2) is 48.5 Å². The highest BCUT2D eigenvalue weighted by Gasteiger charge is 2.35. The Morgan fingerprint density at radius 3 is 2.40 bits per heavy atom. The predicted octanol–water partition coefficient (Wildman–Crippen LogP) is 1.60. The van der Waals surface area contributed by atoms with Crippen molar-refractivity contribution < 1.29 is 23.9 Å². The third-order valence-corrected chi connectivity index (χ3v) is 4.90. The van der Waals surface area contributed by atoms with Gasteiger partial charge < -0.3 is 25.0 Å². The summed E-state index contributed by atoms with van der Waals surface area (Å²) in [5.74, 6) is 0.266. The van der Waals surface area contributed by atoms with Crippen molar-refractivity contribution in [2.45, 2.75) is 6.42 Å². The fourth-order valence-electron chi connectivity index (χ4n) is 3.28. The van der Waals surface area contributed by atoms with Crippen LogP contribution in [-0.4, -0.2) is 51.6 Å². The summed E-state index contributed by atoms with van der Waals surface area (Å²) in [6.45, 7) is 0.869. The smallest absolute Gasteiger partial charge is 0.251 e. The van der Waals surface area contributed by atoms with Crippen LogP contribution in [0, 0.1) is 5.92 Å². The first-order valence-corrected chi connectivity index (χ1v) is 9.66. The highest BCUT2D eigenvalue weighted by Crippen LogP contribution is 2.27. The lowest BCUT2D eigenvalue weighted by molar-refractivity contribution is -0.126. The molecule has 1 fully saturated rings. The van der Waals surface area contributed by atoms with Crippen molar-refractivity contribution >= 4 is 23.4 Å². The fourth-order valence-corrected chi connectivity index (χ4v) is 3.28. The van der Waals surface area contributed by atoms with E-state index in [-0.39, 0.29) is 37.2 Å². The van der Waals surface area contributed by atoms with E-state index in [4.69, 9.17) is 9.47 Å². The van der Waals surface area contributed by atoms with Gasteiger partial charge in [0.05, 0.1) is 20.1 Å². The third kappa shape index (κ3) is 5.08. The summed E-state index contributed by atoms with van der Waals surface area (Å²) in [5.41, 5.74) is 1.19. The predicted molar refractivity (Wildman–Crippen MR) is 112 cm³/mol. The molecule has 2 N–H and O–H groups in total. The number of ether oxygens (including phenoxy) is 2. The molecule has 2 aromatic carbocycles. The Morgan fingerprint density at radius 2 is 1.67 bits per heavy atom. The van der Waals surface area contributed by atoms with E-state index in [0.29, 0.717) is 29.3 Å². The summed E-state index contributed by atoms with van der Waals surface area (Å²) in [4.78, 5) is 38.6. The van der Waals surface area contributed by atoms with E-state index in [2.05, 4.69) is 10.6 Å². The highest BCUT2D eigenvalue weighted by molar-refractivity contribution is 6.00. The van der Waals surface area contributed by atoms with Crippen LogP contribution in [0.3, 0.4) is 0 Å². The van der Waals surface area contributed by atoms with Crippen LogP contribution in [0.5, 0.6) is 11.5 Å². The van der Waals surface area contributed by atoms with E-state index in [1.807, 2.05) is 6.07 Å². The lowest BCUT2D eigenvalue weighted by Crippen LogP contribution is -2.38. The molecule has 3 rings (SSSR count). The van der Waals surface area contributed by atoms with Crippen LogP contribution in [0.2, 0.25) is 0 Å². The molecule has 8 heteroatoms. The number of hydrogen-bond donors (Lipinski definition) is 2. The van der Waals surface area contributed by atoms with Gasteiger partial charge in [0.1, 0.15) is 11.5 Å². The Morgan fingerprint density at radius 1 is 1.00 bits per heavy atom. The second-order valence-corrected chi connectivity index (χ2v) is 6.89. The zero-order chi connectivity index (χ0) is 21.5. The van der Waals surface area contributed by atoms with Crippen molar-refractivity contribution in [1.82, 2.24) is 10.6 Å². The van der Waals surface area contributed by atoms with Gasteiger partial charge in [0.2, 0.25) is 11.8 Å². The van der Waals surface area contributed by atoms with Gasteiger partial charge in [-0.25, -0.2) is 0 Å². The molecule has 8 nitrogen and oxygen atoms in total. The van der Waals surface area contributed by atoms with Gasteiger partial charge in [0.15, 0.2) is 0 Å². The summed E-state index contributed by atoms with van der Waals surface area (Å²) in [5, 5.41) is 5.54.